The minimum Gasteiger partial charge on any atom is -0.493 e. The quantitative estimate of drug-likeness (QED) is 0.881. The lowest BCUT2D eigenvalue weighted by Gasteiger charge is -2.17. The zero-order valence-corrected chi connectivity index (χ0v) is 14.7. The molecule has 2 aromatic rings. The third-order valence-corrected chi connectivity index (χ3v) is 3.85. The molecule has 0 aliphatic heterocycles. The van der Waals surface area contributed by atoms with Crippen molar-refractivity contribution in [3.05, 3.63) is 53.1 Å². The molecule has 0 aromatic heterocycles. The molecule has 5 nitrogen and oxygen atoms in total. The fourth-order valence-electron chi connectivity index (χ4n) is 2.43. The Bertz CT molecular complexity index is 685. The molecule has 0 heterocycles. The van der Waals surface area contributed by atoms with E-state index in [-0.39, 0.29) is 11.9 Å². The summed E-state index contributed by atoms with van der Waals surface area (Å²) in [5, 5.41) is 2.98. The Balaban J connectivity index is 2.24. The number of rotatable bonds is 6. The molecule has 128 valence electrons. The van der Waals surface area contributed by atoms with Crippen LogP contribution in [0.5, 0.6) is 17.2 Å². The second-order valence-electron chi connectivity index (χ2n) is 5.52. The summed E-state index contributed by atoms with van der Waals surface area (Å²) in [6.07, 6.45) is 0. The summed E-state index contributed by atoms with van der Waals surface area (Å²) < 4.78 is 15.8. The first-order valence-electron chi connectivity index (χ1n) is 7.67. The van der Waals surface area contributed by atoms with Gasteiger partial charge in [-0.15, -0.1) is 0 Å². The molecule has 2 rings (SSSR count). The van der Waals surface area contributed by atoms with Crippen LogP contribution in [0.25, 0.3) is 0 Å². The van der Waals surface area contributed by atoms with Crippen LogP contribution in [0.3, 0.4) is 0 Å². The highest BCUT2D eigenvalue weighted by Gasteiger charge is 2.18. The number of carbonyl (C=O) groups is 1. The van der Waals surface area contributed by atoms with E-state index in [0.717, 1.165) is 5.56 Å². The van der Waals surface area contributed by atoms with Gasteiger partial charge in [-0.2, -0.15) is 0 Å². The number of hydrogen-bond acceptors (Lipinski definition) is 4. The van der Waals surface area contributed by atoms with Crippen molar-refractivity contribution < 1.29 is 19.0 Å². The predicted octanol–water partition coefficient (Wildman–Crippen LogP) is 3.51. The van der Waals surface area contributed by atoms with E-state index >= 15 is 0 Å². The molecule has 2 aromatic carbocycles. The molecule has 1 atom stereocenters. The van der Waals surface area contributed by atoms with Crippen molar-refractivity contribution in [3.63, 3.8) is 0 Å². The molecule has 0 unspecified atom stereocenters. The molecule has 0 spiro atoms. The molecule has 0 fully saturated rings. The van der Waals surface area contributed by atoms with E-state index in [1.54, 1.807) is 12.1 Å². The van der Waals surface area contributed by atoms with Crippen molar-refractivity contribution >= 4 is 5.91 Å². The number of aryl methyl sites for hydroxylation is 1. The molecule has 0 saturated carbocycles. The maximum Gasteiger partial charge on any atom is 0.252 e. The molecule has 24 heavy (non-hydrogen) atoms. The van der Waals surface area contributed by atoms with Gasteiger partial charge >= 0.3 is 0 Å². The monoisotopic (exact) mass is 329 g/mol. The molecule has 1 N–H and O–H groups in total. The van der Waals surface area contributed by atoms with Gasteiger partial charge in [-0.1, -0.05) is 29.8 Å². The summed E-state index contributed by atoms with van der Waals surface area (Å²) in [6, 6.07) is 11.2. The summed E-state index contributed by atoms with van der Waals surface area (Å²) >= 11 is 0. The van der Waals surface area contributed by atoms with Gasteiger partial charge in [0.1, 0.15) is 0 Å². The summed E-state index contributed by atoms with van der Waals surface area (Å²) in [5.74, 6) is 1.15. The Morgan fingerprint density at radius 2 is 1.50 bits per heavy atom. The fourth-order valence-corrected chi connectivity index (χ4v) is 2.43. The summed E-state index contributed by atoms with van der Waals surface area (Å²) in [4.78, 5) is 12.6. The number of amides is 1. The van der Waals surface area contributed by atoms with Crippen LogP contribution in [0.4, 0.5) is 0 Å². The number of methoxy groups -OCH3 is 3. The molecule has 0 saturated heterocycles. The lowest BCUT2D eigenvalue weighted by atomic mass is 10.1. The smallest absolute Gasteiger partial charge is 0.252 e. The molecule has 0 aliphatic rings. The number of benzene rings is 2. The first-order valence-corrected chi connectivity index (χ1v) is 7.67. The Labute approximate surface area is 142 Å². The van der Waals surface area contributed by atoms with Crippen LogP contribution in [-0.2, 0) is 0 Å². The molecule has 0 bridgehead atoms. The highest BCUT2D eigenvalue weighted by Crippen LogP contribution is 2.38. The third-order valence-electron chi connectivity index (χ3n) is 3.85. The second-order valence-corrected chi connectivity index (χ2v) is 5.52. The molecular formula is C19H23NO4. The fraction of sp³-hybridized carbons (Fsp3) is 0.316. The minimum absolute atomic E-state index is 0.114. The molecule has 1 amide bonds. The van der Waals surface area contributed by atoms with Crippen LogP contribution in [0.2, 0.25) is 0 Å². The van der Waals surface area contributed by atoms with Gasteiger partial charge in [0, 0.05) is 5.56 Å². The third kappa shape index (κ3) is 3.79. The van der Waals surface area contributed by atoms with Gasteiger partial charge < -0.3 is 19.5 Å². The van der Waals surface area contributed by atoms with Gasteiger partial charge in [0.2, 0.25) is 5.75 Å². The topological polar surface area (TPSA) is 56.8 Å². The van der Waals surface area contributed by atoms with E-state index in [1.165, 1.54) is 26.9 Å². The lowest BCUT2D eigenvalue weighted by Crippen LogP contribution is -2.26. The van der Waals surface area contributed by atoms with Crippen LogP contribution in [-0.4, -0.2) is 27.2 Å². The standard InChI is InChI=1S/C19H23NO4/c1-12-6-8-14(9-7-12)13(2)20-19(21)15-10-16(22-3)18(24-5)17(11-15)23-4/h6-11,13H,1-5H3,(H,20,21)/t13-/m1/s1. The van der Waals surface area contributed by atoms with Gasteiger partial charge in [0.15, 0.2) is 11.5 Å². The summed E-state index contributed by atoms with van der Waals surface area (Å²) in [7, 11) is 4.57. The Morgan fingerprint density at radius 3 is 1.96 bits per heavy atom. The Hall–Kier alpha value is -2.69. The maximum atomic E-state index is 12.6. The van der Waals surface area contributed by atoms with E-state index in [4.69, 9.17) is 14.2 Å². The van der Waals surface area contributed by atoms with Gasteiger partial charge in [0.05, 0.1) is 27.4 Å². The van der Waals surface area contributed by atoms with Crippen LogP contribution < -0.4 is 19.5 Å². The number of nitrogens with one attached hydrogen (secondary N) is 1. The average molecular weight is 329 g/mol. The Morgan fingerprint density at radius 1 is 0.958 bits per heavy atom. The number of hydrogen-bond donors (Lipinski definition) is 1. The van der Waals surface area contributed by atoms with E-state index in [2.05, 4.69) is 5.32 Å². The zero-order valence-electron chi connectivity index (χ0n) is 14.7. The van der Waals surface area contributed by atoms with Gasteiger partial charge in [-0.05, 0) is 31.5 Å². The minimum atomic E-state index is -0.206. The first-order chi connectivity index (χ1) is 11.5. The Kier molecular flexibility index (Phi) is 5.68. The molecular weight excluding hydrogens is 306 g/mol. The number of carbonyl (C=O) groups excluding carboxylic acids is 1. The van der Waals surface area contributed by atoms with Crippen molar-refractivity contribution in [1.29, 1.82) is 0 Å². The predicted molar refractivity (Wildman–Crippen MR) is 93.2 cm³/mol. The summed E-state index contributed by atoms with van der Waals surface area (Å²) in [5.41, 5.74) is 2.67. The van der Waals surface area contributed by atoms with Gasteiger partial charge in [0.25, 0.3) is 5.91 Å². The van der Waals surface area contributed by atoms with Crippen molar-refractivity contribution in [3.8, 4) is 17.2 Å². The SMILES string of the molecule is COc1cc(C(=O)N[C@H](C)c2ccc(C)cc2)cc(OC)c1OC. The summed E-state index contributed by atoms with van der Waals surface area (Å²) in [6.45, 7) is 3.98. The van der Waals surface area contributed by atoms with E-state index in [1.807, 2.05) is 38.1 Å². The van der Waals surface area contributed by atoms with Gasteiger partial charge in [-0.3, -0.25) is 4.79 Å². The molecule has 5 heteroatoms. The van der Waals surface area contributed by atoms with Crippen LogP contribution in [0.15, 0.2) is 36.4 Å². The van der Waals surface area contributed by atoms with E-state index < -0.39 is 0 Å². The van der Waals surface area contributed by atoms with Crippen molar-refractivity contribution in [1.82, 2.24) is 5.32 Å². The van der Waals surface area contributed by atoms with E-state index in [9.17, 15) is 4.79 Å². The van der Waals surface area contributed by atoms with Crippen LogP contribution in [0, 0.1) is 6.92 Å². The van der Waals surface area contributed by atoms with Gasteiger partial charge in [-0.25, -0.2) is 0 Å². The van der Waals surface area contributed by atoms with Crippen molar-refractivity contribution in [2.45, 2.75) is 19.9 Å². The first kappa shape index (κ1) is 17.7. The second kappa shape index (κ2) is 7.73. The largest absolute Gasteiger partial charge is 0.493 e. The van der Waals surface area contributed by atoms with Crippen molar-refractivity contribution in [2.24, 2.45) is 0 Å². The van der Waals surface area contributed by atoms with E-state index in [0.29, 0.717) is 22.8 Å². The highest BCUT2D eigenvalue weighted by atomic mass is 16.5. The maximum absolute atomic E-state index is 12.6. The normalized spacial score (nSPS) is 11.5. The average Bonchev–Trinajstić information content (AvgIpc) is 2.60. The van der Waals surface area contributed by atoms with Crippen LogP contribution in [0.1, 0.15) is 34.5 Å². The molecule has 0 radical (unpaired) electrons. The van der Waals surface area contributed by atoms with Crippen molar-refractivity contribution in [2.75, 3.05) is 21.3 Å². The van der Waals surface area contributed by atoms with Crippen LogP contribution >= 0.6 is 0 Å². The number of ether oxygens (including phenoxy) is 3. The molecule has 0 aliphatic carbocycles. The highest BCUT2D eigenvalue weighted by molar-refractivity contribution is 5.95. The zero-order chi connectivity index (χ0) is 17.7. The lowest BCUT2D eigenvalue weighted by molar-refractivity contribution is 0.0939.